The number of fused-ring (bicyclic) bond motifs is 1. The van der Waals surface area contributed by atoms with Gasteiger partial charge in [-0.3, -0.25) is 4.79 Å². The minimum absolute atomic E-state index is 0.145. The summed E-state index contributed by atoms with van der Waals surface area (Å²) in [5.41, 5.74) is 6.74. The van der Waals surface area contributed by atoms with Gasteiger partial charge in [-0.25, -0.2) is 4.98 Å². The van der Waals surface area contributed by atoms with Crippen LogP contribution in [-0.4, -0.2) is 39.0 Å². The maximum atomic E-state index is 12.4. The number of aryl methyl sites for hydroxylation is 2. The van der Waals surface area contributed by atoms with Gasteiger partial charge in [-0.1, -0.05) is 112 Å². The van der Waals surface area contributed by atoms with Gasteiger partial charge in [0.15, 0.2) is 0 Å². The van der Waals surface area contributed by atoms with Gasteiger partial charge in [0.05, 0.1) is 23.2 Å². The highest BCUT2D eigenvalue weighted by molar-refractivity contribution is 7.99. The molecule has 5 atom stereocenters. The Kier molecular flexibility index (Phi) is 12.9. The molecule has 3 fully saturated rings. The second-order valence-corrected chi connectivity index (χ2v) is 18.7. The zero-order valence-electron chi connectivity index (χ0n) is 33.3. The number of benzene rings is 3. The van der Waals surface area contributed by atoms with Crippen LogP contribution < -0.4 is 5.32 Å². The number of carbonyl (C=O) groups is 1. The molecule has 4 aromatic rings. The molecular weight excluding hydrogens is 697 g/mol. The third-order valence-electron chi connectivity index (χ3n) is 13.0. The Morgan fingerprint density at radius 1 is 0.945 bits per heavy atom. The summed E-state index contributed by atoms with van der Waals surface area (Å²) in [5.74, 6) is 1.30. The van der Waals surface area contributed by atoms with Crippen molar-refractivity contribution in [2.45, 2.75) is 134 Å². The van der Waals surface area contributed by atoms with Crippen molar-refractivity contribution >= 4 is 40.8 Å². The van der Waals surface area contributed by atoms with Gasteiger partial charge in [0, 0.05) is 28.5 Å². The van der Waals surface area contributed by atoms with E-state index in [0.29, 0.717) is 23.9 Å². The molecule has 0 saturated heterocycles. The van der Waals surface area contributed by atoms with Gasteiger partial charge in [0.1, 0.15) is 0 Å². The van der Waals surface area contributed by atoms with Gasteiger partial charge in [0.25, 0.3) is 0 Å². The number of aliphatic carboxylic acids is 1. The van der Waals surface area contributed by atoms with Crippen molar-refractivity contribution in [3.8, 4) is 0 Å². The summed E-state index contributed by atoms with van der Waals surface area (Å²) >= 11 is 1.97. The lowest BCUT2D eigenvalue weighted by molar-refractivity contribution is -0.138. The zero-order chi connectivity index (χ0) is 38.4. The SMILES string of the molecule is CCc1ccc2ccc(/C=C/c3cccc([C@@H](CCc4ccccc4C(C)(C)O)SCC4(CC(=O)O)CC4C4CCCC(NC5CCCCC5)C4)c3)nc2c1. The number of thioether (sulfide) groups is 1. The topological polar surface area (TPSA) is 82.5 Å². The minimum atomic E-state index is -0.921. The summed E-state index contributed by atoms with van der Waals surface area (Å²) < 4.78 is 0. The van der Waals surface area contributed by atoms with Crippen LogP contribution in [0.1, 0.15) is 137 Å². The summed E-state index contributed by atoms with van der Waals surface area (Å²) in [6.07, 6.45) is 19.9. The largest absolute Gasteiger partial charge is 0.481 e. The average Bonchev–Trinajstić information content (AvgIpc) is 3.90. The van der Waals surface area contributed by atoms with Crippen molar-refractivity contribution in [2.75, 3.05) is 5.75 Å². The lowest BCUT2D eigenvalue weighted by atomic mass is 9.79. The van der Waals surface area contributed by atoms with Gasteiger partial charge in [-0.05, 0) is 128 Å². The number of aromatic nitrogens is 1. The van der Waals surface area contributed by atoms with E-state index >= 15 is 0 Å². The molecule has 0 amide bonds. The summed E-state index contributed by atoms with van der Waals surface area (Å²) in [5, 5.41) is 26.6. The van der Waals surface area contributed by atoms with E-state index in [1.807, 2.05) is 37.7 Å². The predicted molar refractivity (Wildman–Crippen MR) is 230 cm³/mol. The number of hydrogen-bond acceptors (Lipinski definition) is 5. The fourth-order valence-electron chi connectivity index (χ4n) is 9.88. The van der Waals surface area contributed by atoms with Gasteiger partial charge in [-0.15, -0.1) is 0 Å². The molecule has 0 bridgehead atoms. The van der Waals surface area contributed by atoms with Crippen molar-refractivity contribution in [3.05, 3.63) is 112 Å². The number of nitrogens with one attached hydrogen (secondary N) is 1. The normalized spacial score (nSPS) is 24.0. The molecule has 1 heterocycles. The van der Waals surface area contributed by atoms with Crippen molar-refractivity contribution in [1.82, 2.24) is 10.3 Å². The first kappa shape index (κ1) is 39.8. The number of carboxylic acid groups (broad SMARTS) is 1. The number of nitrogens with zero attached hydrogens (tertiary/aromatic N) is 1. The zero-order valence-corrected chi connectivity index (χ0v) is 34.1. The quantitative estimate of drug-likeness (QED) is 0.106. The second-order valence-electron chi connectivity index (χ2n) is 17.5. The van der Waals surface area contributed by atoms with E-state index in [2.05, 4.69) is 91.1 Å². The van der Waals surface area contributed by atoms with Crippen LogP contribution in [0.25, 0.3) is 23.1 Å². The van der Waals surface area contributed by atoms with Gasteiger partial charge in [-0.2, -0.15) is 11.8 Å². The third-order valence-corrected chi connectivity index (χ3v) is 14.6. The predicted octanol–water partition coefficient (Wildman–Crippen LogP) is 11.6. The number of hydrogen-bond donors (Lipinski definition) is 3. The van der Waals surface area contributed by atoms with E-state index in [9.17, 15) is 15.0 Å². The molecule has 3 saturated carbocycles. The first-order valence-corrected chi connectivity index (χ1v) is 22.2. The molecule has 0 spiro atoms. The molecule has 0 radical (unpaired) electrons. The van der Waals surface area contributed by atoms with Crippen molar-refractivity contribution in [1.29, 1.82) is 0 Å². The van der Waals surface area contributed by atoms with Crippen LogP contribution in [0, 0.1) is 17.3 Å². The van der Waals surface area contributed by atoms with Crippen LogP contribution in [0.15, 0.2) is 78.9 Å². The Morgan fingerprint density at radius 2 is 1.75 bits per heavy atom. The Hall–Kier alpha value is -3.45. The van der Waals surface area contributed by atoms with Crippen LogP contribution in [0.2, 0.25) is 0 Å². The van der Waals surface area contributed by atoms with Gasteiger partial charge in [0.2, 0.25) is 0 Å². The van der Waals surface area contributed by atoms with Gasteiger partial charge < -0.3 is 15.5 Å². The monoisotopic (exact) mass is 758 g/mol. The van der Waals surface area contributed by atoms with Crippen LogP contribution in [0.5, 0.6) is 0 Å². The van der Waals surface area contributed by atoms with Crippen LogP contribution in [0.4, 0.5) is 0 Å². The molecule has 5 nitrogen and oxygen atoms in total. The van der Waals surface area contributed by atoms with E-state index in [1.54, 1.807) is 0 Å². The Bertz CT molecular complexity index is 1940. The van der Waals surface area contributed by atoms with Crippen LogP contribution in [-0.2, 0) is 23.2 Å². The van der Waals surface area contributed by atoms with Crippen molar-refractivity contribution in [2.24, 2.45) is 17.3 Å². The highest BCUT2D eigenvalue weighted by atomic mass is 32.2. The smallest absolute Gasteiger partial charge is 0.303 e. The Labute approximate surface area is 333 Å². The van der Waals surface area contributed by atoms with E-state index < -0.39 is 11.6 Å². The fraction of sp³-hybridized carbons (Fsp3) is 0.510. The number of pyridine rings is 1. The minimum Gasteiger partial charge on any atom is -0.481 e. The van der Waals surface area contributed by atoms with E-state index in [4.69, 9.17) is 4.98 Å². The molecule has 3 N–H and O–H groups in total. The number of aliphatic hydroxyl groups is 1. The highest BCUT2D eigenvalue weighted by Crippen LogP contribution is 2.63. The van der Waals surface area contributed by atoms with Crippen LogP contribution in [0.3, 0.4) is 0 Å². The molecule has 6 heteroatoms. The van der Waals surface area contributed by atoms with Crippen LogP contribution >= 0.6 is 11.8 Å². The molecular formula is C49H62N2O3S. The van der Waals surface area contributed by atoms with Crippen molar-refractivity contribution < 1.29 is 15.0 Å². The first-order chi connectivity index (χ1) is 26.6. The molecule has 1 aromatic heterocycles. The van der Waals surface area contributed by atoms with Crippen molar-refractivity contribution in [3.63, 3.8) is 0 Å². The molecule has 3 aliphatic carbocycles. The molecule has 4 unspecified atom stereocenters. The molecule has 0 aliphatic heterocycles. The lowest BCUT2D eigenvalue weighted by Gasteiger charge is -2.35. The molecule has 7 rings (SSSR count). The second kappa shape index (κ2) is 17.8. The summed E-state index contributed by atoms with van der Waals surface area (Å²) in [7, 11) is 0. The van der Waals surface area contributed by atoms with Gasteiger partial charge >= 0.3 is 5.97 Å². The van der Waals surface area contributed by atoms with E-state index in [-0.39, 0.29) is 17.1 Å². The molecule has 3 aliphatic rings. The fourth-order valence-corrected chi connectivity index (χ4v) is 11.5. The number of carboxylic acids is 1. The maximum Gasteiger partial charge on any atom is 0.303 e. The number of rotatable bonds is 16. The molecule has 292 valence electrons. The highest BCUT2D eigenvalue weighted by Gasteiger charge is 2.58. The maximum absolute atomic E-state index is 12.4. The summed E-state index contributed by atoms with van der Waals surface area (Å²) in [6, 6.07) is 29.1. The average molecular weight is 759 g/mol. The third kappa shape index (κ3) is 10.3. The molecule has 55 heavy (non-hydrogen) atoms. The summed E-state index contributed by atoms with van der Waals surface area (Å²) in [6.45, 7) is 5.90. The Balaban J connectivity index is 1.10. The lowest BCUT2D eigenvalue weighted by Crippen LogP contribution is -2.42. The first-order valence-electron chi connectivity index (χ1n) is 21.2. The standard InChI is InChI=1S/C49H62N2O3S/c1-4-34-20-22-37-23-26-41(51-45(37)29-34)25-21-35-12-10-15-39(28-35)46(27-24-36-13-8-9-19-43(36)48(2,3)54)55-33-49(32-47(52)53)31-44(49)38-14-11-18-42(30-38)50-40-16-6-5-7-17-40/h8-10,12-13,15,19-23,25-26,28-29,38,40,42,44,46,50,54H,4-7,11,14,16-18,24,27,30-33H2,1-3H3,(H,52,53)/b25-21+/t38?,42?,44?,46-,49?/m1/s1. The van der Waals surface area contributed by atoms with E-state index in [0.717, 1.165) is 59.2 Å². The van der Waals surface area contributed by atoms with E-state index in [1.165, 1.54) is 74.5 Å². The molecule has 3 aromatic carbocycles. The summed E-state index contributed by atoms with van der Waals surface area (Å²) in [4.78, 5) is 17.4. The Morgan fingerprint density at radius 3 is 2.55 bits per heavy atom.